The van der Waals surface area contributed by atoms with Crippen LogP contribution in [0.2, 0.25) is 0 Å². The maximum absolute atomic E-state index is 13.5. The lowest BCUT2D eigenvalue weighted by Crippen LogP contribution is -2.50. The molecule has 9 heteroatoms. The van der Waals surface area contributed by atoms with Gasteiger partial charge < -0.3 is 28.7 Å². The molecule has 2 aromatic carbocycles. The molecule has 1 N–H and O–H groups in total. The highest BCUT2D eigenvalue weighted by Gasteiger charge is 2.31. The summed E-state index contributed by atoms with van der Waals surface area (Å²) in [4.78, 5) is 42.3. The summed E-state index contributed by atoms with van der Waals surface area (Å²) >= 11 is 0. The van der Waals surface area contributed by atoms with Gasteiger partial charge in [-0.1, -0.05) is 30.3 Å². The molecule has 36 heavy (non-hydrogen) atoms. The maximum atomic E-state index is 13.5. The fraction of sp³-hybridized carbons (Fsp3) is 0.222. The minimum absolute atomic E-state index is 0.0438. The Morgan fingerprint density at radius 1 is 0.861 bits per heavy atom. The van der Waals surface area contributed by atoms with Gasteiger partial charge >= 0.3 is 0 Å². The second-order valence-electron chi connectivity index (χ2n) is 8.43. The molecule has 1 aliphatic rings. The van der Waals surface area contributed by atoms with E-state index in [2.05, 4.69) is 5.32 Å². The standard InChI is InChI=1S/C27H25N3O6/c1-18(35-19-8-3-2-4-9-19)25(31)28-23-20-10-5-6-11-21(20)36-24(23)27(33)30-15-13-29(14-16-30)26(32)22-12-7-17-34-22/h2-12,17-18H,13-16H2,1H3,(H,28,31)/t18-/m0/s1. The van der Waals surface area contributed by atoms with Crippen molar-refractivity contribution < 1.29 is 28.0 Å². The average Bonchev–Trinajstić information content (AvgIpc) is 3.57. The van der Waals surface area contributed by atoms with Crippen LogP contribution in [-0.4, -0.2) is 59.8 Å². The van der Waals surface area contributed by atoms with Crippen molar-refractivity contribution in [2.24, 2.45) is 0 Å². The number of carbonyl (C=O) groups is 3. The number of nitrogens with one attached hydrogen (secondary N) is 1. The average molecular weight is 488 g/mol. The monoisotopic (exact) mass is 487 g/mol. The van der Waals surface area contributed by atoms with Crippen molar-refractivity contribution in [3.8, 4) is 5.75 Å². The summed E-state index contributed by atoms with van der Waals surface area (Å²) in [6.45, 7) is 3.00. The Balaban J connectivity index is 1.32. The number of nitrogens with zero attached hydrogens (tertiary/aromatic N) is 2. The van der Waals surface area contributed by atoms with Gasteiger partial charge in [-0.2, -0.15) is 0 Å². The molecule has 1 aliphatic heterocycles. The first-order chi connectivity index (χ1) is 17.5. The summed E-state index contributed by atoms with van der Waals surface area (Å²) < 4.78 is 16.8. The SMILES string of the molecule is C[C@H](Oc1ccccc1)C(=O)Nc1c(C(=O)N2CCN(C(=O)c3ccco3)CC2)oc2ccccc12. The van der Waals surface area contributed by atoms with Gasteiger partial charge in [0, 0.05) is 31.6 Å². The third kappa shape index (κ3) is 4.68. The molecule has 0 spiro atoms. The number of piperazine rings is 1. The van der Waals surface area contributed by atoms with Gasteiger partial charge in [-0.05, 0) is 43.3 Å². The van der Waals surface area contributed by atoms with Crippen molar-refractivity contribution in [1.29, 1.82) is 0 Å². The summed E-state index contributed by atoms with van der Waals surface area (Å²) in [7, 11) is 0. The lowest BCUT2D eigenvalue weighted by Gasteiger charge is -2.34. The number of ether oxygens (including phenoxy) is 1. The molecular weight excluding hydrogens is 462 g/mol. The summed E-state index contributed by atoms with van der Waals surface area (Å²) in [5, 5.41) is 3.46. The van der Waals surface area contributed by atoms with E-state index >= 15 is 0 Å². The van der Waals surface area contributed by atoms with Crippen LogP contribution in [0.5, 0.6) is 5.75 Å². The van der Waals surface area contributed by atoms with Crippen LogP contribution >= 0.6 is 0 Å². The van der Waals surface area contributed by atoms with Crippen LogP contribution in [0.3, 0.4) is 0 Å². The number of anilines is 1. The third-order valence-corrected chi connectivity index (χ3v) is 6.05. The normalized spacial score (nSPS) is 14.5. The van der Waals surface area contributed by atoms with Crippen LogP contribution < -0.4 is 10.1 Å². The highest BCUT2D eigenvalue weighted by Crippen LogP contribution is 2.32. The Labute approximate surface area is 207 Å². The van der Waals surface area contributed by atoms with Gasteiger partial charge in [0.25, 0.3) is 17.7 Å². The zero-order valence-electron chi connectivity index (χ0n) is 19.7. The smallest absolute Gasteiger partial charge is 0.291 e. The molecule has 0 unspecified atom stereocenters. The highest BCUT2D eigenvalue weighted by atomic mass is 16.5. The fourth-order valence-electron chi connectivity index (χ4n) is 4.11. The van der Waals surface area contributed by atoms with Gasteiger partial charge in [-0.25, -0.2) is 0 Å². The van der Waals surface area contributed by atoms with Gasteiger partial charge in [-0.3, -0.25) is 14.4 Å². The van der Waals surface area contributed by atoms with Gasteiger partial charge in [0.2, 0.25) is 5.76 Å². The lowest BCUT2D eigenvalue weighted by molar-refractivity contribution is -0.122. The Bertz CT molecular complexity index is 1370. The van der Waals surface area contributed by atoms with Crippen molar-refractivity contribution >= 4 is 34.4 Å². The minimum atomic E-state index is -0.805. The molecule has 1 atom stereocenters. The van der Waals surface area contributed by atoms with E-state index in [1.807, 2.05) is 24.3 Å². The van der Waals surface area contributed by atoms with Crippen LogP contribution in [0, 0.1) is 0 Å². The van der Waals surface area contributed by atoms with Gasteiger partial charge in [0.05, 0.1) is 6.26 Å². The van der Waals surface area contributed by atoms with Crippen LogP contribution in [0.4, 0.5) is 5.69 Å². The fourth-order valence-corrected chi connectivity index (χ4v) is 4.11. The van der Waals surface area contributed by atoms with E-state index in [0.29, 0.717) is 48.6 Å². The summed E-state index contributed by atoms with van der Waals surface area (Å²) in [5.74, 6) is -0.102. The van der Waals surface area contributed by atoms with Crippen LogP contribution in [0.25, 0.3) is 11.0 Å². The molecule has 3 heterocycles. The van der Waals surface area contributed by atoms with Gasteiger partial charge in [-0.15, -0.1) is 0 Å². The van der Waals surface area contributed by atoms with Crippen LogP contribution in [0.15, 0.2) is 81.8 Å². The van der Waals surface area contributed by atoms with Crippen LogP contribution in [0.1, 0.15) is 28.0 Å². The molecular formula is C27H25N3O6. The first-order valence-electron chi connectivity index (χ1n) is 11.7. The Morgan fingerprint density at radius 2 is 1.53 bits per heavy atom. The van der Waals surface area contributed by atoms with E-state index < -0.39 is 12.0 Å². The van der Waals surface area contributed by atoms with Crippen molar-refractivity contribution in [2.75, 3.05) is 31.5 Å². The number of fused-ring (bicyclic) bond motifs is 1. The number of para-hydroxylation sites is 2. The number of benzene rings is 2. The molecule has 0 aliphatic carbocycles. The Morgan fingerprint density at radius 3 is 2.22 bits per heavy atom. The number of hydrogen-bond donors (Lipinski definition) is 1. The third-order valence-electron chi connectivity index (χ3n) is 6.05. The molecule has 1 saturated heterocycles. The molecule has 0 radical (unpaired) electrons. The highest BCUT2D eigenvalue weighted by molar-refractivity contribution is 6.11. The van der Waals surface area contributed by atoms with E-state index in [0.717, 1.165) is 0 Å². The van der Waals surface area contributed by atoms with E-state index in [1.165, 1.54) is 6.26 Å². The molecule has 9 nitrogen and oxygen atoms in total. The quantitative estimate of drug-likeness (QED) is 0.440. The second kappa shape index (κ2) is 9.99. The van der Waals surface area contributed by atoms with E-state index in [4.69, 9.17) is 13.6 Å². The summed E-state index contributed by atoms with van der Waals surface area (Å²) in [6.07, 6.45) is 0.649. The number of furan rings is 2. The number of carbonyl (C=O) groups excluding carboxylic acids is 3. The topological polar surface area (TPSA) is 105 Å². The largest absolute Gasteiger partial charge is 0.481 e. The Hall–Kier alpha value is -4.53. The van der Waals surface area contributed by atoms with E-state index in [-0.39, 0.29) is 23.3 Å². The van der Waals surface area contributed by atoms with Crippen molar-refractivity contribution in [2.45, 2.75) is 13.0 Å². The molecule has 5 rings (SSSR count). The maximum Gasteiger partial charge on any atom is 0.291 e. The van der Waals surface area contributed by atoms with Crippen molar-refractivity contribution in [3.63, 3.8) is 0 Å². The number of amides is 3. The van der Waals surface area contributed by atoms with Gasteiger partial charge in [0.15, 0.2) is 11.9 Å². The van der Waals surface area contributed by atoms with E-state index in [9.17, 15) is 14.4 Å². The Kier molecular flexibility index (Phi) is 6.44. The molecule has 1 fully saturated rings. The molecule has 4 aromatic rings. The molecule has 0 bridgehead atoms. The predicted octanol–water partition coefficient (Wildman–Crippen LogP) is 4.03. The van der Waals surface area contributed by atoms with E-state index in [1.54, 1.807) is 59.2 Å². The first-order valence-corrected chi connectivity index (χ1v) is 11.7. The molecule has 3 amide bonds. The zero-order chi connectivity index (χ0) is 25.1. The summed E-state index contributed by atoms with van der Waals surface area (Å²) in [6, 6.07) is 19.5. The molecule has 184 valence electrons. The van der Waals surface area contributed by atoms with Crippen LogP contribution in [-0.2, 0) is 4.79 Å². The van der Waals surface area contributed by atoms with Gasteiger partial charge in [0.1, 0.15) is 17.0 Å². The van der Waals surface area contributed by atoms with Crippen molar-refractivity contribution in [1.82, 2.24) is 9.80 Å². The minimum Gasteiger partial charge on any atom is -0.481 e. The predicted molar refractivity (Wildman–Crippen MR) is 132 cm³/mol. The lowest BCUT2D eigenvalue weighted by atomic mass is 10.2. The van der Waals surface area contributed by atoms with Crippen molar-refractivity contribution in [3.05, 3.63) is 84.5 Å². The number of rotatable bonds is 6. The summed E-state index contributed by atoms with van der Waals surface area (Å²) in [5.41, 5.74) is 0.789. The second-order valence-corrected chi connectivity index (χ2v) is 8.43. The molecule has 2 aromatic heterocycles. The first kappa shape index (κ1) is 23.2. The number of hydrogen-bond acceptors (Lipinski definition) is 6. The molecule has 0 saturated carbocycles. The zero-order valence-corrected chi connectivity index (χ0v) is 19.7.